The summed E-state index contributed by atoms with van der Waals surface area (Å²) in [6, 6.07) is 12.7. The number of piperidine rings is 1. The lowest BCUT2D eigenvalue weighted by Gasteiger charge is -2.33. The predicted molar refractivity (Wildman–Crippen MR) is 123 cm³/mol. The van der Waals surface area contributed by atoms with Crippen molar-refractivity contribution in [3.63, 3.8) is 0 Å². The Morgan fingerprint density at radius 3 is 2.45 bits per heavy atom. The molecule has 0 spiro atoms. The van der Waals surface area contributed by atoms with E-state index in [2.05, 4.69) is 40.5 Å². The molecule has 1 heterocycles. The summed E-state index contributed by atoms with van der Waals surface area (Å²) < 4.78 is 0. The Balaban J connectivity index is 1.99. The molecule has 0 unspecified atom stereocenters. The lowest BCUT2D eigenvalue weighted by atomic mass is 9.96. The number of rotatable bonds is 10. The number of hydrogen-bond acceptors (Lipinski definition) is 4. The van der Waals surface area contributed by atoms with E-state index in [1.165, 1.54) is 30.5 Å². The molecule has 3 rings (SSSR count). The lowest BCUT2D eigenvalue weighted by Crippen LogP contribution is -2.30. The fourth-order valence-electron chi connectivity index (χ4n) is 4.04. The van der Waals surface area contributed by atoms with Gasteiger partial charge in [-0.3, -0.25) is 0 Å². The molecular weight excluding hydrogens is 384 g/mol. The Bertz CT molecular complexity index is 775. The van der Waals surface area contributed by atoms with Crippen molar-refractivity contribution >= 4 is 23.0 Å². The van der Waals surface area contributed by atoms with Crippen LogP contribution in [-0.4, -0.2) is 43.1 Å². The molecular formula is C24H33ClN2O2. The normalized spacial score (nSPS) is 14.2. The van der Waals surface area contributed by atoms with Crippen molar-refractivity contribution < 1.29 is 10.2 Å². The minimum atomic E-state index is 0.188. The van der Waals surface area contributed by atoms with E-state index < -0.39 is 0 Å². The average molecular weight is 417 g/mol. The number of unbranched alkanes of at least 4 members (excludes halogenated alkanes) is 1. The van der Waals surface area contributed by atoms with Gasteiger partial charge in [-0.2, -0.15) is 0 Å². The van der Waals surface area contributed by atoms with Crippen LogP contribution in [0.2, 0.25) is 5.02 Å². The fourth-order valence-corrected chi connectivity index (χ4v) is 4.26. The Morgan fingerprint density at radius 1 is 0.897 bits per heavy atom. The molecule has 3 N–H and O–H groups in total. The molecule has 2 aromatic carbocycles. The Labute approximate surface area is 179 Å². The van der Waals surface area contributed by atoms with Crippen LogP contribution in [0.4, 0.5) is 11.4 Å². The number of halogens is 1. The zero-order valence-corrected chi connectivity index (χ0v) is 17.9. The molecule has 5 heteroatoms. The first-order valence-corrected chi connectivity index (χ1v) is 11.2. The van der Waals surface area contributed by atoms with Crippen LogP contribution in [0, 0.1) is 0 Å². The van der Waals surface area contributed by atoms with Gasteiger partial charge in [0.1, 0.15) is 0 Å². The molecule has 0 aliphatic carbocycles. The van der Waals surface area contributed by atoms with Crippen LogP contribution < -0.4 is 10.2 Å². The SMILES string of the molecule is OCCCCc1ccc(Cl)c(-c2cccc(NCCCO)c2N2CCCCC2)c1. The number of aliphatic hydroxyl groups excluding tert-OH is 2. The number of aryl methyl sites for hydroxylation is 1. The highest BCUT2D eigenvalue weighted by molar-refractivity contribution is 6.33. The predicted octanol–water partition coefficient (Wildman–Crippen LogP) is 5.11. The van der Waals surface area contributed by atoms with Gasteiger partial charge in [0.25, 0.3) is 0 Å². The minimum absolute atomic E-state index is 0.188. The van der Waals surface area contributed by atoms with Crippen molar-refractivity contribution in [2.24, 2.45) is 0 Å². The smallest absolute Gasteiger partial charge is 0.0682 e. The van der Waals surface area contributed by atoms with Crippen LogP contribution in [0.1, 0.15) is 44.1 Å². The van der Waals surface area contributed by atoms with Gasteiger partial charge in [0, 0.05) is 49.0 Å². The summed E-state index contributed by atoms with van der Waals surface area (Å²) in [6.45, 7) is 3.28. The molecule has 0 saturated carbocycles. The van der Waals surface area contributed by atoms with E-state index in [0.29, 0.717) is 0 Å². The van der Waals surface area contributed by atoms with E-state index in [4.69, 9.17) is 21.8 Å². The third-order valence-corrected chi connectivity index (χ3v) is 5.88. The monoisotopic (exact) mass is 416 g/mol. The van der Waals surface area contributed by atoms with Crippen LogP contribution in [0.5, 0.6) is 0 Å². The molecule has 0 atom stereocenters. The third kappa shape index (κ3) is 5.88. The Morgan fingerprint density at radius 2 is 1.69 bits per heavy atom. The van der Waals surface area contributed by atoms with Gasteiger partial charge in [-0.25, -0.2) is 0 Å². The van der Waals surface area contributed by atoms with Crippen LogP contribution >= 0.6 is 11.6 Å². The minimum Gasteiger partial charge on any atom is -0.396 e. The maximum absolute atomic E-state index is 9.17. The van der Waals surface area contributed by atoms with Crippen molar-refractivity contribution in [1.29, 1.82) is 0 Å². The van der Waals surface area contributed by atoms with Crippen molar-refractivity contribution in [1.82, 2.24) is 0 Å². The second-order valence-electron chi connectivity index (χ2n) is 7.75. The number of anilines is 2. The molecule has 0 aromatic heterocycles. The third-order valence-electron chi connectivity index (χ3n) is 5.55. The summed E-state index contributed by atoms with van der Waals surface area (Å²) in [7, 11) is 0. The van der Waals surface area contributed by atoms with Gasteiger partial charge in [0.2, 0.25) is 0 Å². The van der Waals surface area contributed by atoms with Gasteiger partial charge in [-0.1, -0.05) is 29.8 Å². The van der Waals surface area contributed by atoms with Crippen LogP contribution in [0.25, 0.3) is 11.1 Å². The number of nitrogens with one attached hydrogen (secondary N) is 1. The second-order valence-corrected chi connectivity index (χ2v) is 8.16. The van der Waals surface area contributed by atoms with Crippen LogP contribution in [0.15, 0.2) is 36.4 Å². The standard InChI is InChI=1S/C24H33ClN2O2/c25-22-12-11-19(8-2-5-16-28)18-21(22)20-9-6-10-23(26-13-7-17-29)24(20)27-14-3-1-4-15-27/h6,9-12,18,26,28-29H,1-5,7-8,13-17H2. The van der Waals surface area contributed by atoms with Crippen molar-refractivity contribution in [3.8, 4) is 11.1 Å². The number of aliphatic hydroxyl groups is 2. The first-order valence-electron chi connectivity index (χ1n) is 10.9. The zero-order chi connectivity index (χ0) is 20.5. The molecule has 1 aliphatic rings. The molecule has 0 bridgehead atoms. The van der Waals surface area contributed by atoms with Gasteiger partial charge in [0.15, 0.2) is 0 Å². The Hall–Kier alpha value is -1.75. The highest BCUT2D eigenvalue weighted by atomic mass is 35.5. The highest BCUT2D eigenvalue weighted by Crippen LogP contribution is 2.41. The molecule has 158 valence electrons. The second kappa shape index (κ2) is 11.4. The maximum Gasteiger partial charge on any atom is 0.0682 e. The number of nitrogens with zero attached hydrogens (tertiary/aromatic N) is 1. The molecule has 29 heavy (non-hydrogen) atoms. The molecule has 2 aromatic rings. The van der Waals surface area contributed by atoms with Crippen molar-refractivity contribution in [3.05, 3.63) is 47.0 Å². The van der Waals surface area contributed by atoms with E-state index in [1.807, 2.05) is 6.07 Å². The molecule has 4 nitrogen and oxygen atoms in total. The van der Waals surface area contributed by atoms with Crippen LogP contribution in [-0.2, 0) is 6.42 Å². The number of benzene rings is 2. The average Bonchev–Trinajstić information content (AvgIpc) is 2.76. The van der Waals surface area contributed by atoms with E-state index >= 15 is 0 Å². The Kier molecular flexibility index (Phi) is 8.66. The van der Waals surface area contributed by atoms with Gasteiger partial charge >= 0.3 is 0 Å². The van der Waals surface area contributed by atoms with Gasteiger partial charge in [-0.05, 0) is 68.7 Å². The first-order chi connectivity index (χ1) is 14.2. The first kappa shape index (κ1) is 21.9. The van der Waals surface area contributed by atoms with Crippen molar-refractivity contribution in [2.45, 2.75) is 44.9 Å². The quantitative estimate of drug-likeness (QED) is 0.471. The summed E-state index contributed by atoms with van der Waals surface area (Å²) in [5.41, 5.74) is 5.81. The van der Waals surface area contributed by atoms with Crippen LogP contribution in [0.3, 0.4) is 0 Å². The summed E-state index contributed by atoms with van der Waals surface area (Å²) in [5.74, 6) is 0. The summed E-state index contributed by atoms with van der Waals surface area (Å²) >= 11 is 6.67. The van der Waals surface area contributed by atoms with Gasteiger partial charge in [0.05, 0.1) is 11.4 Å². The lowest BCUT2D eigenvalue weighted by molar-refractivity contribution is 0.284. The van der Waals surface area contributed by atoms with E-state index in [1.54, 1.807) is 0 Å². The summed E-state index contributed by atoms with van der Waals surface area (Å²) in [6.07, 6.45) is 7.16. The summed E-state index contributed by atoms with van der Waals surface area (Å²) in [4.78, 5) is 2.48. The largest absolute Gasteiger partial charge is 0.396 e. The molecule has 1 aliphatic heterocycles. The highest BCUT2D eigenvalue weighted by Gasteiger charge is 2.20. The van der Waals surface area contributed by atoms with E-state index in [-0.39, 0.29) is 13.2 Å². The topological polar surface area (TPSA) is 55.7 Å². The van der Waals surface area contributed by atoms with Gasteiger partial charge in [-0.15, -0.1) is 0 Å². The fraction of sp³-hybridized carbons (Fsp3) is 0.500. The zero-order valence-electron chi connectivity index (χ0n) is 17.2. The maximum atomic E-state index is 9.17. The van der Waals surface area contributed by atoms with Crippen molar-refractivity contribution in [2.75, 3.05) is 43.1 Å². The number of hydrogen-bond donors (Lipinski definition) is 3. The molecule has 1 saturated heterocycles. The number of para-hydroxylation sites is 1. The molecule has 1 fully saturated rings. The molecule has 0 amide bonds. The molecule has 0 radical (unpaired) electrons. The summed E-state index contributed by atoms with van der Waals surface area (Å²) in [5, 5.41) is 22.5. The van der Waals surface area contributed by atoms with E-state index in [9.17, 15) is 0 Å². The van der Waals surface area contributed by atoms with E-state index in [0.717, 1.165) is 67.2 Å². The van der Waals surface area contributed by atoms with Gasteiger partial charge < -0.3 is 20.4 Å².